The third-order valence-electron chi connectivity index (χ3n) is 2.73. The van der Waals surface area contributed by atoms with Crippen molar-refractivity contribution in [3.8, 4) is 5.75 Å². The first kappa shape index (κ1) is 14.4. The summed E-state index contributed by atoms with van der Waals surface area (Å²) >= 11 is 0. The molecule has 108 valence electrons. The lowest BCUT2D eigenvalue weighted by atomic mass is 10.2. The topological polar surface area (TPSA) is 54.6 Å². The van der Waals surface area contributed by atoms with Crippen molar-refractivity contribution in [2.75, 3.05) is 11.9 Å². The quantitative estimate of drug-likeness (QED) is 0.816. The molecule has 0 aliphatic rings. The van der Waals surface area contributed by atoms with Gasteiger partial charge in [-0.1, -0.05) is 6.92 Å². The maximum Gasteiger partial charge on any atom is 0.145 e. The molecule has 1 aromatic carbocycles. The van der Waals surface area contributed by atoms with Gasteiger partial charge in [-0.2, -0.15) is 0 Å². The Balaban J connectivity index is 2.04. The van der Waals surface area contributed by atoms with Crippen molar-refractivity contribution in [3.63, 3.8) is 0 Å². The number of nitrogens with one attached hydrogen (secondary N) is 1. The molecule has 0 aliphatic carbocycles. The molecule has 2 rings (SSSR count). The lowest BCUT2D eigenvalue weighted by Crippen LogP contribution is -2.03. The third kappa shape index (κ3) is 3.74. The molecule has 0 aliphatic heterocycles. The van der Waals surface area contributed by atoms with Crippen LogP contribution in [-0.4, -0.2) is 11.7 Å². The number of aliphatic hydroxyl groups is 1. The second kappa shape index (κ2) is 6.96. The standard InChI is InChI=1S/C15H18FNO3/c1-2-7-19-15-8-11(16)3-6-14(15)17-9-12-4-5-13(10-18)20-12/h3-6,8,17-18H,2,7,9-10H2,1H3. The van der Waals surface area contributed by atoms with Crippen molar-refractivity contribution in [1.29, 1.82) is 0 Å². The third-order valence-corrected chi connectivity index (χ3v) is 2.73. The summed E-state index contributed by atoms with van der Waals surface area (Å²) in [4.78, 5) is 0. The monoisotopic (exact) mass is 279 g/mol. The molecule has 1 aromatic heterocycles. The van der Waals surface area contributed by atoms with Crippen LogP contribution in [0.15, 0.2) is 34.7 Å². The van der Waals surface area contributed by atoms with Gasteiger partial charge in [-0.05, 0) is 30.7 Å². The van der Waals surface area contributed by atoms with E-state index in [0.717, 1.165) is 6.42 Å². The van der Waals surface area contributed by atoms with E-state index in [2.05, 4.69) is 5.32 Å². The molecule has 0 amide bonds. The molecule has 0 bridgehead atoms. The van der Waals surface area contributed by atoms with Gasteiger partial charge in [-0.15, -0.1) is 0 Å². The maximum atomic E-state index is 13.2. The predicted octanol–water partition coefficient (Wildman–Crippen LogP) is 3.31. The Morgan fingerprint density at radius 2 is 2.05 bits per heavy atom. The van der Waals surface area contributed by atoms with E-state index in [1.807, 2.05) is 6.92 Å². The average Bonchev–Trinajstić information content (AvgIpc) is 2.92. The SMILES string of the molecule is CCCOc1cc(F)ccc1NCc1ccc(CO)o1. The van der Waals surface area contributed by atoms with Gasteiger partial charge in [0.05, 0.1) is 18.8 Å². The lowest BCUT2D eigenvalue weighted by Gasteiger charge is -2.12. The minimum atomic E-state index is -0.331. The first-order chi connectivity index (χ1) is 9.72. The molecular weight excluding hydrogens is 261 g/mol. The number of hydrogen-bond acceptors (Lipinski definition) is 4. The highest BCUT2D eigenvalue weighted by atomic mass is 19.1. The van der Waals surface area contributed by atoms with Crippen LogP contribution in [0.1, 0.15) is 24.9 Å². The number of anilines is 1. The summed E-state index contributed by atoms with van der Waals surface area (Å²) in [5, 5.41) is 12.1. The van der Waals surface area contributed by atoms with E-state index in [4.69, 9.17) is 14.3 Å². The van der Waals surface area contributed by atoms with Gasteiger partial charge in [0.1, 0.15) is 29.7 Å². The normalized spacial score (nSPS) is 10.6. The maximum absolute atomic E-state index is 13.2. The van der Waals surface area contributed by atoms with E-state index in [-0.39, 0.29) is 12.4 Å². The molecule has 5 heteroatoms. The van der Waals surface area contributed by atoms with Crippen LogP contribution in [0.5, 0.6) is 5.75 Å². The number of halogens is 1. The molecular formula is C15H18FNO3. The van der Waals surface area contributed by atoms with Gasteiger partial charge in [-0.3, -0.25) is 0 Å². The van der Waals surface area contributed by atoms with Crippen LogP contribution < -0.4 is 10.1 Å². The fraction of sp³-hybridized carbons (Fsp3) is 0.333. The number of ether oxygens (including phenoxy) is 1. The molecule has 20 heavy (non-hydrogen) atoms. The van der Waals surface area contributed by atoms with Gasteiger partial charge in [0.25, 0.3) is 0 Å². The van der Waals surface area contributed by atoms with E-state index < -0.39 is 0 Å². The van der Waals surface area contributed by atoms with Gasteiger partial charge in [0, 0.05) is 6.07 Å². The largest absolute Gasteiger partial charge is 0.491 e. The molecule has 0 atom stereocenters. The van der Waals surface area contributed by atoms with Crippen LogP contribution in [0.2, 0.25) is 0 Å². The second-order valence-electron chi connectivity index (χ2n) is 4.37. The lowest BCUT2D eigenvalue weighted by molar-refractivity contribution is 0.244. The highest BCUT2D eigenvalue weighted by Crippen LogP contribution is 2.26. The first-order valence-corrected chi connectivity index (χ1v) is 6.57. The zero-order chi connectivity index (χ0) is 14.4. The summed E-state index contributed by atoms with van der Waals surface area (Å²) < 4.78 is 24.1. The van der Waals surface area contributed by atoms with Crippen LogP contribution in [0.25, 0.3) is 0 Å². The van der Waals surface area contributed by atoms with Crippen molar-refractivity contribution in [3.05, 3.63) is 47.7 Å². The zero-order valence-corrected chi connectivity index (χ0v) is 11.4. The molecule has 2 aromatic rings. The smallest absolute Gasteiger partial charge is 0.145 e. The molecule has 0 saturated carbocycles. The molecule has 0 fully saturated rings. The first-order valence-electron chi connectivity index (χ1n) is 6.57. The van der Waals surface area contributed by atoms with Gasteiger partial charge in [0.15, 0.2) is 0 Å². The Hall–Kier alpha value is -2.01. The second-order valence-corrected chi connectivity index (χ2v) is 4.37. The number of aliphatic hydroxyl groups excluding tert-OH is 1. The summed E-state index contributed by atoms with van der Waals surface area (Å²) in [6.45, 7) is 2.84. The number of benzene rings is 1. The van der Waals surface area contributed by atoms with E-state index >= 15 is 0 Å². The highest BCUT2D eigenvalue weighted by Gasteiger charge is 2.07. The van der Waals surface area contributed by atoms with Crippen molar-refractivity contribution in [2.45, 2.75) is 26.5 Å². The fourth-order valence-corrected chi connectivity index (χ4v) is 1.76. The average molecular weight is 279 g/mol. The van der Waals surface area contributed by atoms with E-state index in [1.54, 1.807) is 18.2 Å². The van der Waals surface area contributed by atoms with E-state index in [1.165, 1.54) is 12.1 Å². The molecule has 0 unspecified atom stereocenters. The van der Waals surface area contributed by atoms with Crippen molar-refractivity contribution in [2.24, 2.45) is 0 Å². The van der Waals surface area contributed by atoms with Gasteiger partial charge in [0.2, 0.25) is 0 Å². The molecule has 1 heterocycles. The molecule has 0 saturated heterocycles. The van der Waals surface area contributed by atoms with E-state index in [0.29, 0.717) is 36.1 Å². The van der Waals surface area contributed by atoms with Crippen LogP contribution >= 0.6 is 0 Å². The Morgan fingerprint density at radius 3 is 2.75 bits per heavy atom. The molecule has 4 nitrogen and oxygen atoms in total. The molecule has 0 radical (unpaired) electrons. The Bertz CT molecular complexity index is 554. The summed E-state index contributed by atoms with van der Waals surface area (Å²) in [5.74, 6) is 1.37. The van der Waals surface area contributed by atoms with Gasteiger partial charge < -0.3 is 19.6 Å². The summed E-state index contributed by atoms with van der Waals surface area (Å²) in [6.07, 6.45) is 0.855. The van der Waals surface area contributed by atoms with Gasteiger partial charge in [-0.25, -0.2) is 4.39 Å². The van der Waals surface area contributed by atoms with Crippen LogP contribution in [-0.2, 0) is 13.2 Å². The molecule has 0 spiro atoms. The molecule has 2 N–H and O–H groups in total. The fourth-order valence-electron chi connectivity index (χ4n) is 1.76. The number of hydrogen-bond donors (Lipinski definition) is 2. The predicted molar refractivity (Wildman–Crippen MR) is 74.1 cm³/mol. The summed E-state index contributed by atoms with van der Waals surface area (Å²) in [7, 11) is 0. The number of rotatable bonds is 7. The summed E-state index contributed by atoms with van der Waals surface area (Å²) in [5.41, 5.74) is 0.710. The van der Waals surface area contributed by atoms with Crippen molar-refractivity contribution in [1.82, 2.24) is 0 Å². The zero-order valence-electron chi connectivity index (χ0n) is 11.4. The highest BCUT2D eigenvalue weighted by molar-refractivity contribution is 5.56. The Labute approximate surface area is 117 Å². The van der Waals surface area contributed by atoms with E-state index in [9.17, 15) is 4.39 Å². The van der Waals surface area contributed by atoms with Crippen LogP contribution in [0, 0.1) is 5.82 Å². The Morgan fingerprint density at radius 1 is 1.25 bits per heavy atom. The minimum Gasteiger partial charge on any atom is -0.491 e. The van der Waals surface area contributed by atoms with Crippen molar-refractivity contribution >= 4 is 5.69 Å². The summed E-state index contributed by atoms with van der Waals surface area (Å²) in [6, 6.07) is 7.88. The van der Waals surface area contributed by atoms with Gasteiger partial charge >= 0.3 is 0 Å². The number of furan rings is 1. The van der Waals surface area contributed by atoms with Crippen LogP contribution in [0.3, 0.4) is 0 Å². The Kier molecular flexibility index (Phi) is 5.01. The minimum absolute atomic E-state index is 0.124. The van der Waals surface area contributed by atoms with Crippen molar-refractivity contribution < 1.29 is 18.7 Å². The van der Waals surface area contributed by atoms with Crippen LogP contribution in [0.4, 0.5) is 10.1 Å².